The summed E-state index contributed by atoms with van der Waals surface area (Å²) in [7, 11) is 0. The molecule has 216 valence electrons. The maximum absolute atomic E-state index is 13.7. The number of rotatable bonds is 9. The fraction of sp³-hybridized carbons (Fsp3) is 0.129. The molecule has 0 saturated heterocycles. The Hall–Kier alpha value is -4.68. The quantitative estimate of drug-likeness (QED) is 0.206. The normalized spacial score (nSPS) is 14.5. The molecule has 0 radical (unpaired) electrons. The number of nitrogens with zero attached hydrogens (tertiary/aromatic N) is 5. The second kappa shape index (κ2) is 12.7. The summed E-state index contributed by atoms with van der Waals surface area (Å²) in [6.07, 6.45) is 0.512. The number of thioether (sulfide) groups is 1. The Bertz CT molecular complexity index is 1780. The van der Waals surface area contributed by atoms with Gasteiger partial charge in [-0.2, -0.15) is 5.10 Å². The van der Waals surface area contributed by atoms with Crippen LogP contribution in [-0.4, -0.2) is 43.1 Å². The van der Waals surface area contributed by atoms with Crippen molar-refractivity contribution in [3.8, 4) is 5.69 Å². The molecule has 0 aliphatic carbocycles. The minimum absolute atomic E-state index is 0.0134. The van der Waals surface area contributed by atoms with Crippen molar-refractivity contribution in [2.75, 3.05) is 5.75 Å². The highest BCUT2D eigenvalue weighted by molar-refractivity contribution is 7.99. The van der Waals surface area contributed by atoms with Crippen molar-refractivity contribution < 1.29 is 18.4 Å². The number of carbonyl (C=O) groups is 2. The summed E-state index contributed by atoms with van der Waals surface area (Å²) in [4.78, 5) is 27.2. The van der Waals surface area contributed by atoms with Crippen LogP contribution >= 0.6 is 23.1 Å². The predicted octanol–water partition coefficient (Wildman–Crippen LogP) is 6.01. The first-order chi connectivity index (χ1) is 21.0. The Morgan fingerprint density at radius 2 is 1.74 bits per heavy atom. The van der Waals surface area contributed by atoms with Crippen molar-refractivity contribution in [3.05, 3.63) is 130 Å². The third-order valence-electron chi connectivity index (χ3n) is 6.76. The Labute approximate surface area is 254 Å². The topological polar surface area (TPSA) is 92.5 Å². The number of hydrogen-bond acceptors (Lipinski definition) is 7. The molecule has 0 spiro atoms. The lowest BCUT2D eigenvalue weighted by Gasteiger charge is -2.22. The number of thiophene rings is 1. The molecule has 1 N–H and O–H groups in total. The summed E-state index contributed by atoms with van der Waals surface area (Å²) >= 11 is 2.75. The van der Waals surface area contributed by atoms with Crippen LogP contribution in [0.1, 0.15) is 39.1 Å². The van der Waals surface area contributed by atoms with Gasteiger partial charge in [0.15, 0.2) is 11.0 Å². The van der Waals surface area contributed by atoms with Gasteiger partial charge in [-0.25, -0.2) is 13.8 Å². The minimum Gasteiger partial charge on any atom is -0.345 e. The highest BCUT2D eigenvalue weighted by Crippen LogP contribution is 2.35. The standard InChI is InChI=1S/C31H24F2N6O2S2/c32-22-13-11-20(12-14-22)26-17-25(27-10-5-15-42-27)37-39(26)29(40)19-43-31-36-35-28(38(31)24-8-2-1-3-9-24)18-34-30(41)21-6-4-7-23(33)16-21/h1-16,26H,17-19H2,(H,34,41)/t26-/m1/s1. The van der Waals surface area contributed by atoms with E-state index in [0.29, 0.717) is 17.4 Å². The number of nitrogens with one attached hydrogen (secondary N) is 1. The van der Waals surface area contributed by atoms with E-state index in [1.54, 1.807) is 28.0 Å². The lowest BCUT2D eigenvalue weighted by molar-refractivity contribution is -0.130. The van der Waals surface area contributed by atoms with Crippen LogP contribution in [0.3, 0.4) is 0 Å². The van der Waals surface area contributed by atoms with Crippen LogP contribution in [0.4, 0.5) is 8.78 Å². The summed E-state index contributed by atoms with van der Waals surface area (Å²) in [6, 6.07) is 24.4. The van der Waals surface area contributed by atoms with Gasteiger partial charge in [0, 0.05) is 17.7 Å². The molecule has 8 nitrogen and oxygen atoms in total. The first-order valence-corrected chi connectivity index (χ1v) is 15.2. The third-order valence-corrected chi connectivity index (χ3v) is 8.59. The number of amides is 2. The number of halogens is 2. The summed E-state index contributed by atoms with van der Waals surface area (Å²) in [5.74, 6) is -1.09. The van der Waals surface area contributed by atoms with Gasteiger partial charge in [0.1, 0.15) is 11.6 Å². The van der Waals surface area contributed by atoms with Crippen molar-refractivity contribution in [2.45, 2.75) is 24.2 Å². The van der Waals surface area contributed by atoms with Crippen LogP contribution in [-0.2, 0) is 11.3 Å². The molecule has 5 aromatic rings. The number of para-hydroxylation sites is 1. The van der Waals surface area contributed by atoms with E-state index in [9.17, 15) is 18.4 Å². The van der Waals surface area contributed by atoms with Crippen LogP contribution in [0.2, 0.25) is 0 Å². The second-order valence-corrected chi connectivity index (χ2v) is 11.5. The van der Waals surface area contributed by atoms with E-state index in [-0.39, 0.29) is 35.6 Å². The summed E-state index contributed by atoms with van der Waals surface area (Å²) in [6.45, 7) is 0.0268. The van der Waals surface area contributed by atoms with Gasteiger partial charge in [0.2, 0.25) is 0 Å². The maximum atomic E-state index is 13.7. The Balaban J connectivity index is 1.22. The molecule has 12 heteroatoms. The lowest BCUT2D eigenvalue weighted by Crippen LogP contribution is -2.28. The van der Waals surface area contributed by atoms with Crippen LogP contribution in [0.5, 0.6) is 0 Å². The van der Waals surface area contributed by atoms with E-state index in [4.69, 9.17) is 0 Å². The van der Waals surface area contributed by atoms with E-state index in [1.165, 1.54) is 47.1 Å². The van der Waals surface area contributed by atoms with Crippen LogP contribution in [0.15, 0.2) is 107 Å². The average molecular weight is 615 g/mol. The van der Waals surface area contributed by atoms with Crippen LogP contribution in [0.25, 0.3) is 5.69 Å². The molecule has 1 atom stereocenters. The highest BCUT2D eigenvalue weighted by atomic mass is 32.2. The fourth-order valence-corrected chi connectivity index (χ4v) is 6.25. The smallest absolute Gasteiger partial charge is 0.253 e. The molecule has 0 saturated carbocycles. The number of aromatic nitrogens is 3. The van der Waals surface area contributed by atoms with Crippen molar-refractivity contribution in [1.29, 1.82) is 0 Å². The number of benzene rings is 3. The van der Waals surface area contributed by atoms with Gasteiger partial charge >= 0.3 is 0 Å². The summed E-state index contributed by atoms with van der Waals surface area (Å²) < 4.78 is 29.0. The van der Waals surface area contributed by atoms with Crippen molar-refractivity contribution >= 4 is 40.6 Å². The largest absolute Gasteiger partial charge is 0.345 e. The minimum atomic E-state index is -0.505. The maximum Gasteiger partial charge on any atom is 0.253 e. The SMILES string of the molecule is O=C(NCc1nnc(SCC(=O)N2N=C(c3cccs3)C[C@@H]2c2ccc(F)cc2)n1-c1ccccc1)c1cccc(F)c1. The van der Waals surface area contributed by atoms with Gasteiger partial charge in [-0.05, 0) is 59.5 Å². The van der Waals surface area contributed by atoms with Gasteiger partial charge in [-0.1, -0.05) is 54.2 Å². The number of hydrazone groups is 1. The van der Waals surface area contributed by atoms with Crippen LogP contribution in [0, 0.1) is 11.6 Å². The first kappa shape index (κ1) is 28.4. The molecule has 2 amide bonds. The van der Waals surface area contributed by atoms with E-state index in [1.807, 2.05) is 47.8 Å². The van der Waals surface area contributed by atoms with E-state index >= 15 is 0 Å². The zero-order valence-corrected chi connectivity index (χ0v) is 24.2. The molecule has 1 aliphatic rings. The van der Waals surface area contributed by atoms with Crippen molar-refractivity contribution in [1.82, 2.24) is 25.1 Å². The molecule has 0 fully saturated rings. The zero-order valence-electron chi connectivity index (χ0n) is 22.6. The molecule has 0 bridgehead atoms. The number of hydrogen-bond donors (Lipinski definition) is 1. The summed E-state index contributed by atoms with van der Waals surface area (Å²) in [5.41, 5.74) is 2.53. The molecule has 43 heavy (non-hydrogen) atoms. The van der Waals surface area contributed by atoms with Crippen molar-refractivity contribution in [3.63, 3.8) is 0 Å². The summed E-state index contributed by atoms with van der Waals surface area (Å²) in [5, 5.41) is 19.9. The number of carbonyl (C=O) groups excluding carboxylic acids is 2. The Morgan fingerprint density at radius 1 is 0.930 bits per heavy atom. The van der Waals surface area contributed by atoms with Gasteiger partial charge in [-0.3, -0.25) is 14.2 Å². The predicted molar refractivity (Wildman–Crippen MR) is 161 cm³/mol. The molecular formula is C31H24F2N6O2S2. The average Bonchev–Trinajstić information content (AvgIpc) is 3.80. The van der Waals surface area contributed by atoms with E-state index < -0.39 is 11.7 Å². The molecular weight excluding hydrogens is 591 g/mol. The van der Waals surface area contributed by atoms with E-state index in [2.05, 4.69) is 20.6 Å². The molecule has 6 rings (SSSR count). The third kappa shape index (κ3) is 6.40. The zero-order chi connectivity index (χ0) is 29.8. The molecule has 3 aromatic carbocycles. The molecule has 0 unspecified atom stereocenters. The molecule has 2 aromatic heterocycles. The molecule has 3 heterocycles. The fourth-order valence-electron chi connectivity index (χ4n) is 4.70. The monoisotopic (exact) mass is 614 g/mol. The Morgan fingerprint density at radius 3 is 2.49 bits per heavy atom. The van der Waals surface area contributed by atoms with E-state index in [0.717, 1.165) is 27.9 Å². The Kier molecular flexibility index (Phi) is 8.38. The highest BCUT2D eigenvalue weighted by Gasteiger charge is 2.33. The van der Waals surface area contributed by atoms with Gasteiger partial charge < -0.3 is 5.32 Å². The van der Waals surface area contributed by atoms with Gasteiger partial charge in [0.05, 0.1) is 28.9 Å². The van der Waals surface area contributed by atoms with Gasteiger partial charge in [-0.15, -0.1) is 21.5 Å². The second-order valence-electron chi connectivity index (χ2n) is 9.59. The lowest BCUT2D eigenvalue weighted by atomic mass is 10.0. The van der Waals surface area contributed by atoms with Gasteiger partial charge in [0.25, 0.3) is 11.8 Å². The molecule has 1 aliphatic heterocycles. The van der Waals surface area contributed by atoms with Crippen molar-refractivity contribution in [2.24, 2.45) is 5.10 Å². The van der Waals surface area contributed by atoms with Crippen LogP contribution < -0.4 is 5.32 Å². The first-order valence-electron chi connectivity index (χ1n) is 13.3.